The van der Waals surface area contributed by atoms with Crippen LogP contribution in [0.1, 0.15) is 50.5 Å². The monoisotopic (exact) mass is 395 g/mol. The van der Waals surface area contributed by atoms with E-state index < -0.39 is 0 Å². The van der Waals surface area contributed by atoms with Crippen LogP contribution in [0.3, 0.4) is 0 Å². The lowest BCUT2D eigenvalue weighted by Gasteiger charge is -2.26. The second-order valence-electron chi connectivity index (χ2n) is 7.11. The standard InChI is InChI=1S/C24H29NO4/c1-29-24(28)15-7-2-3-10-18-25-21(13-8-9-14-23(25)27)16-17-22(26)19-20-11-5-4-6-12-20/h4-6,11-12,16-17,21H,2,7-9,13-15,18-19H2,1H3/b17-16+. The first-order chi connectivity index (χ1) is 14.1. The first-order valence-electron chi connectivity index (χ1n) is 10.2. The Hall–Kier alpha value is -2.87. The maximum atomic E-state index is 12.5. The summed E-state index contributed by atoms with van der Waals surface area (Å²) in [7, 11) is 1.37. The molecule has 154 valence electrons. The molecular formula is C24H29NO4. The van der Waals surface area contributed by atoms with Crippen LogP contribution in [0, 0.1) is 11.8 Å². The summed E-state index contributed by atoms with van der Waals surface area (Å²) in [6.07, 6.45) is 8.58. The van der Waals surface area contributed by atoms with E-state index in [1.54, 1.807) is 11.0 Å². The SMILES string of the molecule is COC(=O)CCCC#CCN1C(=O)CCCCC1/C=C/C(=O)Cc1ccccc1. The number of benzene rings is 1. The van der Waals surface area contributed by atoms with Gasteiger partial charge in [0, 0.05) is 25.7 Å². The van der Waals surface area contributed by atoms with Gasteiger partial charge in [0.25, 0.3) is 0 Å². The summed E-state index contributed by atoms with van der Waals surface area (Å²) < 4.78 is 4.60. The van der Waals surface area contributed by atoms with E-state index in [2.05, 4.69) is 16.6 Å². The number of carbonyl (C=O) groups excluding carboxylic acids is 3. The van der Waals surface area contributed by atoms with Crippen LogP contribution >= 0.6 is 0 Å². The molecule has 0 saturated carbocycles. The molecule has 1 unspecified atom stereocenters. The molecule has 5 heteroatoms. The van der Waals surface area contributed by atoms with E-state index in [0.29, 0.717) is 38.6 Å². The third kappa shape index (κ3) is 8.35. The van der Waals surface area contributed by atoms with Crippen molar-refractivity contribution in [2.45, 2.75) is 57.4 Å². The van der Waals surface area contributed by atoms with Gasteiger partial charge in [-0.15, -0.1) is 5.92 Å². The van der Waals surface area contributed by atoms with Crippen LogP contribution in [0.25, 0.3) is 0 Å². The number of ketones is 1. The van der Waals surface area contributed by atoms with Crippen LogP contribution in [-0.2, 0) is 25.5 Å². The molecule has 1 aromatic rings. The number of hydrogen-bond acceptors (Lipinski definition) is 4. The number of allylic oxidation sites excluding steroid dienone is 1. The van der Waals surface area contributed by atoms with Crippen molar-refractivity contribution < 1.29 is 19.1 Å². The molecule has 0 radical (unpaired) electrons. The Balaban J connectivity index is 1.92. The van der Waals surface area contributed by atoms with Crippen molar-refractivity contribution in [3.63, 3.8) is 0 Å². The zero-order valence-electron chi connectivity index (χ0n) is 17.1. The number of hydrogen-bond donors (Lipinski definition) is 0. The molecular weight excluding hydrogens is 366 g/mol. The van der Waals surface area contributed by atoms with Crippen LogP contribution in [0.4, 0.5) is 0 Å². The Bertz CT molecular complexity index is 773. The van der Waals surface area contributed by atoms with Crippen molar-refractivity contribution in [2.24, 2.45) is 0 Å². The van der Waals surface area contributed by atoms with Crippen molar-refractivity contribution in [3.05, 3.63) is 48.0 Å². The van der Waals surface area contributed by atoms with Gasteiger partial charge in [0.2, 0.25) is 5.91 Å². The summed E-state index contributed by atoms with van der Waals surface area (Å²) in [5.41, 5.74) is 0.980. The lowest BCUT2D eigenvalue weighted by atomic mass is 10.1. The van der Waals surface area contributed by atoms with Gasteiger partial charge in [-0.1, -0.05) is 48.7 Å². The first kappa shape index (κ1) is 22.4. The van der Waals surface area contributed by atoms with Crippen LogP contribution in [0.5, 0.6) is 0 Å². The summed E-state index contributed by atoms with van der Waals surface area (Å²) in [5, 5.41) is 0. The largest absolute Gasteiger partial charge is 0.469 e. The fraction of sp³-hybridized carbons (Fsp3) is 0.458. The van der Waals surface area contributed by atoms with E-state index >= 15 is 0 Å². The Morgan fingerprint density at radius 1 is 1.21 bits per heavy atom. The van der Waals surface area contributed by atoms with E-state index in [0.717, 1.165) is 24.8 Å². The smallest absolute Gasteiger partial charge is 0.305 e. The number of amides is 1. The van der Waals surface area contributed by atoms with Crippen molar-refractivity contribution in [1.29, 1.82) is 0 Å². The fourth-order valence-electron chi connectivity index (χ4n) is 3.25. The molecule has 0 N–H and O–H groups in total. The van der Waals surface area contributed by atoms with Gasteiger partial charge in [0.15, 0.2) is 5.78 Å². The number of ether oxygens (including phenoxy) is 1. The average molecular weight is 395 g/mol. The van der Waals surface area contributed by atoms with E-state index in [-0.39, 0.29) is 23.7 Å². The van der Waals surface area contributed by atoms with E-state index in [1.165, 1.54) is 7.11 Å². The summed E-state index contributed by atoms with van der Waals surface area (Å²) in [4.78, 5) is 37.6. The van der Waals surface area contributed by atoms with Gasteiger partial charge in [-0.25, -0.2) is 0 Å². The maximum absolute atomic E-state index is 12.5. The van der Waals surface area contributed by atoms with Crippen LogP contribution in [0.15, 0.2) is 42.5 Å². The van der Waals surface area contributed by atoms with Gasteiger partial charge in [-0.2, -0.15) is 0 Å². The van der Waals surface area contributed by atoms with Gasteiger partial charge in [-0.3, -0.25) is 14.4 Å². The fourth-order valence-corrected chi connectivity index (χ4v) is 3.25. The minimum Gasteiger partial charge on any atom is -0.469 e. The predicted octanol–water partition coefficient (Wildman–Crippen LogP) is 3.47. The average Bonchev–Trinajstić information content (AvgIpc) is 2.90. The highest BCUT2D eigenvalue weighted by Gasteiger charge is 2.23. The molecule has 0 bridgehead atoms. The number of carbonyl (C=O) groups is 3. The highest BCUT2D eigenvalue weighted by molar-refractivity contribution is 5.91. The summed E-state index contributed by atoms with van der Waals surface area (Å²) in [5.74, 6) is 5.95. The lowest BCUT2D eigenvalue weighted by Crippen LogP contribution is -2.38. The Labute approximate surface area is 173 Å². The van der Waals surface area contributed by atoms with Crippen LogP contribution in [-0.4, -0.2) is 42.3 Å². The third-order valence-electron chi connectivity index (χ3n) is 4.87. The molecule has 1 aliphatic rings. The van der Waals surface area contributed by atoms with Gasteiger partial charge in [0.1, 0.15) is 0 Å². The maximum Gasteiger partial charge on any atom is 0.305 e. The summed E-state index contributed by atoms with van der Waals surface area (Å²) in [6.45, 7) is 0.346. The molecule has 0 spiro atoms. The molecule has 1 saturated heterocycles. The van der Waals surface area contributed by atoms with E-state index in [4.69, 9.17) is 0 Å². The molecule has 0 aliphatic carbocycles. The van der Waals surface area contributed by atoms with Crippen LogP contribution in [0.2, 0.25) is 0 Å². The lowest BCUT2D eigenvalue weighted by molar-refractivity contribution is -0.140. The normalized spacial score (nSPS) is 16.8. The highest BCUT2D eigenvalue weighted by Crippen LogP contribution is 2.18. The number of nitrogens with zero attached hydrogens (tertiary/aromatic N) is 1. The number of methoxy groups -OCH3 is 1. The predicted molar refractivity (Wildman–Crippen MR) is 112 cm³/mol. The molecule has 2 rings (SSSR count). The minimum atomic E-state index is -0.236. The summed E-state index contributed by atoms with van der Waals surface area (Å²) in [6, 6.07) is 9.53. The van der Waals surface area contributed by atoms with Gasteiger partial charge in [-0.05, 0) is 30.9 Å². The molecule has 1 atom stereocenters. The van der Waals surface area contributed by atoms with Crippen molar-refractivity contribution in [1.82, 2.24) is 4.90 Å². The van der Waals surface area contributed by atoms with Crippen molar-refractivity contribution >= 4 is 17.7 Å². The third-order valence-corrected chi connectivity index (χ3v) is 4.87. The Kier molecular flexibility index (Phi) is 9.71. The molecule has 1 amide bonds. The number of unbranched alkanes of at least 4 members (excludes halogenated alkanes) is 1. The quantitative estimate of drug-likeness (QED) is 0.293. The topological polar surface area (TPSA) is 63.7 Å². The zero-order chi connectivity index (χ0) is 20.9. The van der Waals surface area contributed by atoms with E-state index in [9.17, 15) is 14.4 Å². The molecule has 5 nitrogen and oxygen atoms in total. The Morgan fingerprint density at radius 3 is 2.76 bits per heavy atom. The zero-order valence-corrected chi connectivity index (χ0v) is 17.1. The van der Waals surface area contributed by atoms with E-state index in [1.807, 2.05) is 36.4 Å². The van der Waals surface area contributed by atoms with Gasteiger partial charge in [0.05, 0.1) is 19.7 Å². The first-order valence-corrected chi connectivity index (χ1v) is 10.2. The van der Waals surface area contributed by atoms with Gasteiger partial charge < -0.3 is 9.64 Å². The number of rotatable bonds is 8. The molecule has 1 aliphatic heterocycles. The van der Waals surface area contributed by atoms with Gasteiger partial charge >= 0.3 is 5.97 Å². The number of likely N-dealkylation sites (tertiary alicyclic amines) is 1. The van der Waals surface area contributed by atoms with Crippen LogP contribution < -0.4 is 0 Å². The number of esters is 1. The summed E-state index contributed by atoms with van der Waals surface area (Å²) >= 11 is 0. The molecule has 1 heterocycles. The second-order valence-corrected chi connectivity index (χ2v) is 7.11. The second kappa shape index (κ2) is 12.6. The minimum absolute atomic E-state index is 0.0294. The molecule has 0 aromatic heterocycles. The molecule has 29 heavy (non-hydrogen) atoms. The Morgan fingerprint density at radius 2 is 2.00 bits per heavy atom. The highest BCUT2D eigenvalue weighted by atomic mass is 16.5. The van der Waals surface area contributed by atoms with Crippen molar-refractivity contribution in [2.75, 3.05) is 13.7 Å². The molecule has 1 fully saturated rings. The molecule has 1 aromatic carbocycles. The van der Waals surface area contributed by atoms with Crippen molar-refractivity contribution in [3.8, 4) is 11.8 Å².